The molecule has 2 aliphatic rings. The van der Waals surface area contributed by atoms with Gasteiger partial charge in [-0.05, 0) is 48.4 Å². The first-order valence-electron chi connectivity index (χ1n) is 10.8. The summed E-state index contributed by atoms with van der Waals surface area (Å²) in [7, 11) is -3.47. The van der Waals surface area contributed by atoms with Crippen LogP contribution in [0.15, 0.2) is 30.5 Å². The second kappa shape index (κ2) is 9.42. The van der Waals surface area contributed by atoms with E-state index < -0.39 is 27.6 Å². The van der Waals surface area contributed by atoms with E-state index in [0.717, 1.165) is 12.8 Å². The van der Waals surface area contributed by atoms with Crippen LogP contribution in [0.25, 0.3) is 0 Å². The number of nitrogens with zero attached hydrogens (tertiary/aromatic N) is 3. The number of urea groups is 1. The van der Waals surface area contributed by atoms with Crippen molar-refractivity contribution in [2.45, 2.75) is 32.1 Å². The zero-order valence-corrected chi connectivity index (χ0v) is 19.0. The molecule has 4 rings (SSSR count). The topological polar surface area (TPSA) is 119 Å². The molecule has 0 spiro atoms. The number of anilines is 1. The Balaban J connectivity index is 1.36. The number of halogens is 1. The fourth-order valence-corrected chi connectivity index (χ4v) is 5.21. The molecule has 1 aromatic carbocycles. The molecule has 1 N–H and O–H groups in total. The van der Waals surface area contributed by atoms with Crippen molar-refractivity contribution >= 4 is 27.5 Å². The molecule has 0 unspecified atom stereocenters. The van der Waals surface area contributed by atoms with Gasteiger partial charge in [-0.25, -0.2) is 17.6 Å². The first kappa shape index (κ1) is 23.1. The standard InChI is InChI=1S/C22H25FN4O5S/c1-14(16-4-5-19(23)20(8-16)32-12-15-2-3-15)13-33(30,31)7-6-17-9-18(10-24-26-17)27-11-21(28)25-22(27)29/h4-5,8-10,14-15H,2-3,6-7,11-13H2,1H3,(H,25,28,29)/t14-/m0/s1. The van der Waals surface area contributed by atoms with E-state index in [1.54, 1.807) is 25.1 Å². The molecule has 1 aliphatic carbocycles. The van der Waals surface area contributed by atoms with Crippen molar-refractivity contribution in [1.29, 1.82) is 0 Å². The SMILES string of the molecule is C[C@@H](CS(=O)(=O)CCc1cc(N2CC(=O)NC2=O)cnn1)c1ccc(F)c(OCC2CC2)c1. The van der Waals surface area contributed by atoms with Gasteiger partial charge in [0.2, 0.25) is 5.91 Å². The molecule has 0 radical (unpaired) electrons. The molecule has 1 aromatic heterocycles. The van der Waals surface area contributed by atoms with Gasteiger partial charge in [0.05, 0.1) is 35.7 Å². The lowest BCUT2D eigenvalue weighted by Crippen LogP contribution is -2.28. The average molecular weight is 477 g/mol. The number of amides is 3. The lowest BCUT2D eigenvalue weighted by molar-refractivity contribution is -0.117. The van der Waals surface area contributed by atoms with E-state index in [9.17, 15) is 22.4 Å². The van der Waals surface area contributed by atoms with Crippen molar-refractivity contribution in [1.82, 2.24) is 15.5 Å². The Morgan fingerprint density at radius 1 is 1.27 bits per heavy atom. The number of nitrogens with one attached hydrogen (secondary N) is 1. The minimum Gasteiger partial charge on any atom is -0.490 e. The number of hydrogen-bond donors (Lipinski definition) is 1. The fourth-order valence-electron chi connectivity index (χ4n) is 3.57. The van der Waals surface area contributed by atoms with Gasteiger partial charge < -0.3 is 4.74 Å². The monoisotopic (exact) mass is 476 g/mol. The quantitative estimate of drug-likeness (QED) is 0.522. The maximum atomic E-state index is 14.0. The van der Waals surface area contributed by atoms with E-state index in [1.165, 1.54) is 17.2 Å². The van der Waals surface area contributed by atoms with Crippen LogP contribution in [0.1, 0.15) is 36.9 Å². The van der Waals surface area contributed by atoms with Crippen LogP contribution >= 0.6 is 0 Å². The molecule has 3 amide bonds. The number of benzene rings is 1. The summed E-state index contributed by atoms with van der Waals surface area (Å²) in [6.45, 7) is 2.13. The average Bonchev–Trinajstić information content (AvgIpc) is 3.53. The molecule has 11 heteroatoms. The van der Waals surface area contributed by atoms with Crippen LogP contribution in [0.4, 0.5) is 14.9 Å². The summed E-state index contributed by atoms with van der Waals surface area (Å²) in [5.41, 5.74) is 1.46. The van der Waals surface area contributed by atoms with Crippen LogP contribution in [0.3, 0.4) is 0 Å². The molecule has 176 valence electrons. The minimum absolute atomic E-state index is 0.110. The van der Waals surface area contributed by atoms with Crippen LogP contribution in [0, 0.1) is 11.7 Å². The second-order valence-electron chi connectivity index (χ2n) is 8.55. The van der Waals surface area contributed by atoms with E-state index in [2.05, 4.69) is 15.5 Å². The molecule has 0 bridgehead atoms. The predicted octanol–water partition coefficient (Wildman–Crippen LogP) is 2.22. The summed E-state index contributed by atoms with van der Waals surface area (Å²) in [6, 6.07) is 5.46. The van der Waals surface area contributed by atoms with Crippen LogP contribution in [0.5, 0.6) is 5.75 Å². The van der Waals surface area contributed by atoms with Crippen LogP contribution < -0.4 is 15.0 Å². The molecule has 2 fully saturated rings. The van der Waals surface area contributed by atoms with Gasteiger partial charge in [-0.1, -0.05) is 13.0 Å². The third-order valence-corrected chi connectivity index (χ3v) is 7.50. The number of carbonyl (C=O) groups is 2. The summed E-state index contributed by atoms with van der Waals surface area (Å²) >= 11 is 0. The molecular weight excluding hydrogens is 451 g/mol. The van der Waals surface area contributed by atoms with Crippen LogP contribution in [-0.2, 0) is 21.1 Å². The zero-order valence-electron chi connectivity index (χ0n) is 18.2. The minimum atomic E-state index is -3.47. The first-order valence-corrected chi connectivity index (χ1v) is 12.6. The summed E-state index contributed by atoms with van der Waals surface area (Å²) in [5.74, 6) is -0.870. The first-order chi connectivity index (χ1) is 15.7. The molecule has 33 heavy (non-hydrogen) atoms. The molecule has 2 heterocycles. The van der Waals surface area contributed by atoms with Crippen molar-refractivity contribution in [3.63, 3.8) is 0 Å². The zero-order chi connectivity index (χ0) is 23.6. The van der Waals surface area contributed by atoms with Crippen molar-refractivity contribution < 1.29 is 27.1 Å². The number of aromatic nitrogens is 2. The van der Waals surface area contributed by atoms with Gasteiger partial charge in [0, 0.05) is 6.42 Å². The highest BCUT2D eigenvalue weighted by Gasteiger charge is 2.28. The Kier molecular flexibility index (Phi) is 6.59. The number of imide groups is 1. The van der Waals surface area contributed by atoms with Crippen molar-refractivity contribution in [3.8, 4) is 5.75 Å². The van der Waals surface area contributed by atoms with Gasteiger partial charge >= 0.3 is 6.03 Å². The molecule has 1 saturated heterocycles. The lowest BCUT2D eigenvalue weighted by Gasteiger charge is -2.15. The number of sulfone groups is 1. The normalized spacial score (nSPS) is 17.2. The lowest BCUT2D eigenvalue weighted by atomic mass is 10.0. The third kappa shape index (κ3) is 6.04. The maximum Gasteiger partial charge on any atom is 0.329 e. The van der Waals surface area contributed by atoms with Crippen molar-refractivity contribution in [2.75, 3.05) is 29.6 Å². The number of aryl methyl sites for hydroxylation is 1. The molecule has 1 atom stereocenters. The summed E-state index contributed by atoms with van der Waals surface area (Å²) < 4.78 is 45.1. The summed E-state index contributed by atoms with van der Waals surface area (Å²) in [4.78, 5) is 24.4. The summed E-state index contributed by atoms with van der Waals surface area (Å²) in [5, 5.41) is 9.94. The largest absolute Gasteiger partial charge is 0.490 e. The van der Waals surface area contributed by atoms with E-state index >= 15 is 0 Å². The van der Waals surface area contributed by atoms with Gasteiger partial charge in [0.15, 0.2) is 21.4 Å². The van der Waals surface area contributed by atoms with Gasteiger partial charge in [-0.15, -0.1) is 0 Å². The van der Waals surface area contributed by atoms with E-state index in [4.69, 9.17) is 4.74 Å². The van der Waals surface area contributed by atoms with E-state index in [0.29, 0.717) is 29.5 Å². The predicted molar refractivity (Wildman–Crippen MR) is 118 cm³/mol. The summed E-state index contributed by atoms with van der Waals surface area (Å²) in [6.07, 6.45) is 3.63. The molecule has 9 nitrogen and oxygen atoms in total. The van der Waals surface area contributed by atoms with E-state index in [-0.39, 0.29) is 36.1 Å². The molecule has 1 aliphatic heterocycles. The Hall–Kier alpha value is -3.08. The van der Waals surface area contributed by atoms with Gasteiger partial charge in [-0.2, -0.15) is 10.2 Å². The highest BCUT2D eigenvalue weighted by molar-refractivity contribution is 7.91. The number of carbonyl (C=O) groups excluding carboxylic acids is 2. The van der Waals surface area contributed by atoms with Gasteiger partial charge in [-0.3, -0.25) is 15.0 Å². The molecule has 2 aromatic rings. The number of hydrogen-bond acceptors (Lipinski definition) is 7. The van der Waals surface area contributed by atoms with Crippen LogP contribution in [-0.4, -0.2) is 55.2 Å². The molecular formula is C22H25FN4O5S. The Morgan fingerprint density at radius 2 is 2.06 bits per heavy atom. The smallest absolute Gasteiger partial charge is 0.329 e. The Bertz CT molecular complexity index is 1170. The fraction of sp³-hybridized carbons (Fsp3) is 0.455. The Morgan fingerprint density at radius 3 is 2.76 bits per heavy atom. The van der Waals surface area contributed by atoms with Crippen LogP contribution in [0.2, 0.25) is 0 Å². The third-order valence-electron chi connectivity index (χ3n) is 5.66. The second-order valence-corrected chi connectivity index (χ2v) is 10.8. The molecule has 1 saturated carbocycles. The maximum absolute atomic E-state index is 14.0. The van der Waals surface area contributed by atoms with E-state index in [1.807, 2.05) is 0 Å². The van der Waals surface area contributed by atoms with Crippen molar-refractivity contribution in [3.05, 3.63) is 47.5 Å². The highest BCUT2D eigenvalue weighted by atomic mass is 32.2. The van der Waals surface area contributed by atoms with Gasteiger partial charge in [0.25, 0.3) is 0 Å². The number of ether oxygens (including phenoxy) is 1. The highest BCUT2D eigenvalue weighted by Crippen LogP contribution is 2.31. The number of rotatable bonds is 10. The van der Waals surface area contributed by atoms with Crippen molar-refractivity contribution in [2.24, 2.45) is 5.92 Å². The Labute approximate surface area is 191 Å². The van der Waals surface area contributed by atoms with Gasteiger partial charge in [0.1, 0.15) is 6.54 Å².